The Morgan fingerprint density at radius 3 is 2.53 bits per heavy atom. The monoisotopic (exact) mass is 259 g/mol. The molecule has 0 radical (unpaired) electrons. The number of nitrogens with two attached hydrogens (primary N) is 1. The summed E-state index contributed by atoms with van der Waals surface area (Å²) < 4.78 is 5.21. The zero-order chi connectivity index (χ0) is 13.7. The molecular weight excluding hydrogens is 238 g/mol. The molecule has 0 aliphatic heterocycles. The van der Waals surface area contributed by atoms with Gasteiger partial charge in [0.1, 0.15) is 0 Å². The van der Waals surface area contributed by atoms with Crippen molar-refractivity contribution in [3.05, 3.63) is 30.1 Å². The first-order chi connectivity index (χ1) is 9.27. The zero-order valence-corrected chi connectivity index (χ0v) is 11.6. The summed E-state index contributed by atoms with van der Waals surface area (Å²) in [6.07, 6.45) is 6.21. The first-order valence-corrected chi connectivity index (χ1v) is 6.94. The predicted octanol–water partition coefficient (Wildman–Crippen LogP) is 4.00. The van der Waals surface area contributed by atoms with Crippen molar-refractivity contribution in [1.82, 2.24) is 10.1 Å². The summed E-state index contributed by atoms with van der Waals surface area (Å²) in [6.45, 7) is 4.37. The summed E-state index contributed by atoms with van der Waals surface area (Å²) in [7, 11) is 0. The van der Waals surface area contributed by atoms with Crippen LogP contribution in [0.3, 0.4) is 0 Å². The lowest BCUT2D eigenvalue weighted by molar-refractivity contribution is 0.411. The molecule has 2 N–H and O–H groups in total. The highest BCUT2D eigenvalue weighted by molar-refractivity contribution is 5.72. The van der Waals surface area contributed by atoms with Gasteiger partial charge in [-0.15, -0.1) is 0 Å². The van der Waals surface area contributed by atoms with Gasteiger partial charge in [0.05, 0.1) is 17.0 Å². The molecule has 102 valence electrons. The standard InChI is InChI=1S/C15H21N3O/c1-3-7-11(8-4-2)14-13(15(16)19-18-14)12-9-5-6-10-17-12/h5-6,9-11H,3-4,7-8,16H2,1-2H3. The topological polar surface area (TPSA) is 64.9 Å². The smallest absolute Gasteiger partial charge is 0.231 e. The van der Waals surface area contributed by atoms with Gasteiger partial charge in [0.25, 0.3) is 0 Å². The van der Waals surface area contributed by atoms with E-state index in [1.807, 2.05) is 18.2 Å². The molecule has 0 bridgehead atoms. The van der Waals surface area contributed by atoms with Crippen LogP contribution in [0.4, 0.5) is 5.88 Å². The second-order valence-corrected chi connectivity index (χ2v) is 4.80. The van der Waals surface area contributed by atoms with Gasteiger partial charge in [-0.3, -0.25) is 4.98 Å². The van der Waals surface area contributed by atoms with Crippen LogP contribution < -0.4 is 5.73 Å². The van der Waals surface area contributed by atoms with Crippen LogP contribution in [0.15, 0.2) is 28.9 Å². The molecule has 0 aliphatic carbocycles. The number of pyridine rings is 1. The van der Waals surface area contributed by atoms with Gasteiger partial charge in [0, 0.05) is 12.1 Å². The van der Waals surface area contributed by atoms with E-state index in [4.69, 9.17) is 10.3 Å². The molecule has 2 aromatic heterocycles. The van der Waals surface area contributed by atoms with Crippen molar-refractivity contribution in [2.45, 2.75) is 45.4 Å². The summed E-state index contributed by atoms with van der Waals surface area (Å²) in [5.74, 6) is 0.763. The second kappa shape index (κ2) is 6.36. The van der Waals surface area contributed by atoms with Gasteiger partial charge in [-0.1, -0.05) is 37.9 Å². The molecule has 4 nitrogen and oxygen atoms in total. The van der Waals surface area contributed by atoms with Crippen molar-refractivity contribution >= 4 is 5.88 Å². The fourth-order valence-corrected chi connectivity index (χ4v) is 2.48. The molecule has 2 heterocycles. The minimum Gasteiger partial charge on any atom is -0.367 e. The molecule has 0 atom stereocenters. The molecule has 0 amide bonds. The molecule has 19 heavy (non-hydrogen) atoms. The summed E-state index contributed by atoms with van der Waals surface area (Å²) in [4.78, 5) is 4.37. The minimum absolute atomic E-state index is 0.367. The number of anilines is 1. The van der Waals surface area contributed by atoms with Crippen LogP contribution in [0, 0.1) is 0 Å². The van der Waals surface area contributed by atoms with Gasteiger partial charge in [0.15, 0.2) is 0 Å². The van der Waals surface area contributed by atoms with Crippen molar-refractivity contribution in [3.63, 3.8) is 0 Å². The zero-order valence-electron chi connectivity index (χ0n) is 11.6. The number of hydrogen-bond donors (Lipinski definition) is 1. The Morgan fingerprint density at radius 2 is 1.95 bits per heavy atom. The van der Waals surface area contributed by atoms with Crippen molar-refractivity contribution in [3.8, 4) is 11.3 Å². The largest absolute Gasteiger partial charge is 0.367 e. The highest BCUT2D eigenvalue weighted by Crippen LogP contribution is 2.36. The van der Waals surface area contributed by atoms with Crippen LogP contribution in [0.25, 0.3) is 11.3 Å². The molecule has 0 saturated carbocycles. The number of aromatic nitrogens is 2. The Bertz CT molecular complexity index is 501. The van der Waals surface area contributed by atoms with Crippen LogP contribution >= 0.6 is 0 Å². The lowest BCUT2D eigenvalue weighted by Crippen LogP contribution is -2.02. The van der Waals surface area contributed by atoms with Crippen molar-refractivity contribution in [2.75, 3.05) is 5.73 Å². The van der Waals surface area contributed by atoms with Crippen LogP contribution in [0.5, 0.6) is 0 Å². The highest BCUT2D eigenvalue weighted by atomic mass is 16.5. The number of nitrogens with zero attached hydrogens (tertiary/aromatic N) is 2. The van der Waals surface area contributed by atoms with E-state index in [1.54, 1.807) is 6.20 Å². The number of rotatable bonds is 6. The summed E-state index contributed by atoms with van der Waals surface area (Å²) in [5, 5.41) is 4.19. The van der Waals surface area contributed by atoms with Crippen LogP contribution in [0.1, 0.15) is 51.1 Å². The molecule has 0 saturated heterocycles. The Labute approximate surface area is 114 Å². The van der Waals surface area contributed by atoms with Gasteiger partial charge < -0.3 is 10.3 Å². The van der Waals surface area contributed by atoms with E-state index in [-0.39, 0.29) is 0 Å². The molecular formula is C15H21N3O. The summed E-state index contributed by atoms with van der Waals surface area (Å²) in [5.41, 5.74) is 8.60. The van der Waals surface area contributed by atoms with Gasteiger partial charge in [-0.05, 0) is 25.0 Å². The molecule has 4 heteroatoms. The molecule has 2 aromatic rings. The quantitative estimate of drug-likeness (QED) is 0.851. The van der Waals surface area contributed by atoms with E-state index in [0.717, 1.165) is 42.6 Å². The fourth-order valence-electron chi connectivity index (χ4n) is 2.48. The maximum Gasteiger partial charge on any atom is 0.231 e. The first kappa shape index (κ1) is 13.6. The maximum atomic E-state index is 5.93. The van der Waals surface area contributed by atoms with Gasteiger partial charge in [-0.25, -0.2) is 0 Å². The Morgan fingerprint density at radius 1 is 1.21 bits per heavy atom. The van der Waals surface area contributed by atoms with Crippen LogP contribution in [-0.2, 0) is 0 Å². The third-order valence-corrected chi connectivity index (χ3v) is 3.33. The molecule has 0 fully saturated rings. The SMILES string of the molecule is CCCC(CCC)c1noc(N)c1-c1ccccn1. The average Bonchev–Trinajstić information content (AvgIpc) is 2.81. The predicted molar refractivity (Wildman–Crippen MR) is 76.7 cm³/mol. The summed E-state index contributed by atoms with van der Waals surface area (Å²) in [6, 6.07) is 5.79. The Balaban J connectivity index is 2.41. The van der Waals surface area contributed by atoms with E-state index >= 15 is 0 Å². The molecule has 0 aromatic carbocycles. The average molecular weight is 259 g/mol. The van der Waals surface area contributed by atoms with Crippen molar-refractivity contribution in [1.29, 1.82) is 0 Å². The van der Waals surface area contributed by atoms with Gasteiger partial charge >= 0.3 is 0 Å². The molecule has 2 rings (SSSR count). The maximum absolute atomic E-state index is 5.93. The van der Waals surface area contributed by atoms with E-state index in [0.29, 0.717) is 11.8 Å². The second-order valence-electron chi connectivity index (χ2n) is 4.80. The Hall–Kier alpha value is -1.84. The molecule has 0 unspecified atom stereocenters. The van der Waals surface area contributed by atoms with E-state index in [9.17, 15) is 0 Å². The van der Waals surface area contributed by atoms with Crippen molar-refractivity contribution in [2.24, 2.45) is 0 Å². The van der Waals surface area contributed by atoms with Crippen molar-refractivity contribution < 1.29 is 4.52 Å². The third kappa shape index (κ3) is 2.95. The molecule has 0 aliphatic rings. The number of nitrogen functional groups attached to an aromatic ring is 1. The van der Waals surface area contributed by atoms with Crippen LogP contribution in [-0.4, -0.2) is 10.1 Å². The van der Waals surface area contributed by atoms with E-state index < -0.39 is 0 Å². The lowest BCUT2D eigenvalue weighted by Gasteiger charge is -2.13. The fraction of sp³-hybridized carbons (Fsp3) is 0.467. The van der Waals surface area contributed by atoms with E-state index in [1.165, 1.54) is 0 Å². The van der Waals surface area contributed by atoms with Gasteiger partial charge in [0.2, 0.25) is 5.88 Å². The van der Waals surface area contributed by atoms with E-state index in [2.05, 4.69) is 24.0 Å². The van der Waals surface area contributed by atoms with Gasteiger partial charge in [-0.2, -0.15) is 0 Å². The third-order valence-electron chi connectivity index (χ3n) is 3.33. The normalized spacial score (nSPS) is 11.1. The first-order valence-electron chi connectivity index (χ1n) is 6.94. The molecule has 0 spiro atoms. The Kier molecular flexibility index (Phi) is 4.55. The minimum atomic E-state index is 0.367. The number of hydrogen-bond acceptors (Lipinski definition) is 4. The lowest BCUT2D eigenvalue weighted by atomic mass is 9.91. The highest BCUT2D eigenvalue weighted by Gasteiger charge is 2.23. The summed E-state index contributed by atoms with van der Waals surface area (Å²) >= 11 is 0. The van der Waals surface area contributed by atoms with Crippen LogP contribution in [0.2, 0.25) is 0 Å².